The van der Waals surface area contributed by atoms with E-state index < -0.39 is 0 Å². The van der Waals surface area contributed by atoms with Crippen LogP contribution in [0.4, 0.5) is 0 Å². The first-order valence-electron chi connectivity index (χ1n) is 4.84. The molecule has 0 radical (unpaired) electrons. The summed E-state index contributed by atoms with van der Waals surface area (Å²) in [7, 11) is 0. The second-order valence-corrected chi connectivity index (χ2v) is 3.65. The Balaban J connectivity index is 0.000000720. The quantitative estimate of drug-likeness (QED) is 0.572. The summed E-state index contributed by atoms with van der Waals surface area (Å²) in [6, 6.07) is 0.884. The molecule has 2 aliphatic heterocycles. The predicted octanol–water partition coefficient (Wildman–Crippen LogP) is -0.927. The molecule has 2 nitrogen and oxygen atoms in total. The van der Waals surface area contributed by atoms with Gasteiger partial charge in [0.05, 0.1) is 0 Å². The van der Waals surface area contributed by atoms with Crippen molar-refractivity contribution in [3.63, 3.8) is 0 Å². The van der Waals surface area contributed by atoms with Gasteiger partial charge in [0, 0.05) is 6.04 Å². The molecule has 0 unspecified atom stereocenters. The van der Waals surface area contributed by atoms with Gasteiger partial charge in [-0.25, -0.2) is 0 Å². The van der Waals surface area contributed by atoms with Crippen LogP contribution in [0.25, 0.3) is 5.32 Å². The summed E-state index contributed by atoms with van der Waals surface area (Å²) in [5, 5.41) is 4.37. The van der Waals surface area contributed by atoms with Gasteiger partial charge in [0.1, 0.15) is 0 Å². The van der Waals surface area contributed by atoms with Gasteiger partial charge in [0.2, 0.25) is 0 Å². The molecule has 2 saturated heterocycles. The van der Waals surface area contributed by atoms with Gasteiger partial charge in [-0.15, -0.1) is 13.1 Å². The van der Waals surface area contributed by atoms with Crippen LogP contribution in [-0.2, 0) is 0 Å². The van der Waals surface area contributed by atoms with Gasteiger partial charge >= 0.3 is 68.9 Å². The average molecular weight is 301 g/mol. The summed E-state index contributed by atoms with van der Waals surface area (Å²) in [4.78, 5) is 2.66. The van der Waals surface area contributed by atoms with Crippen LogP contribution in [0.3, 0.4) is 0 Å². The maximum absolute atomic E-state index is 4.37. The molecule has 3 heteroatoms. The van der Waals surface area contributed by atoms with Crippen molar-refractivity contribution in [2.45, 2.75) is 31.7 Å². The van der Waals surface area contributed by atoms with E-state index in [1.165, 1.54) is 38.8 Å². The van der Waals surface area contributed by atoms with Gasteiger partial charge in [-0.05, 0) is 25.9 Å². The first kappa shape index (κ1) is 15.0. The van der Waals surface area contributed by atoms with Crippen LogP contribution in [0.15, 0.2) is 0 Å². The zero-order valence-electron chi connectivity index (χ0n) is 9.13. The zero-order valence-corrected chi connectivity index (χ0v) is 15.4. The molecule has 0 spiro atoms. The molecule has 0 atom stereocenters. The Hall–Kier alpha value is 1.97. The number of rotatable bonds is 1. The Morgan fingerprint density at radius 3 is 2.08 bits per heavy atom. The molecule has 0 aromatic carbocycles. The summed E-state index contributed by atoms with van der Waals surface area (Å²) in [5.74, 6) is 0. The molecule has 13 heavy (non-hydrogen) atoms. The number of likely N-dealkylation sites (tertiary alicyclic amines) is 1. The summed E-state index contributed by atoms with van der Waals surface area (Å²) in [6.07, 6.45) is 5.49. The SMILES string of the molecule is C1CCN(C2CC[N-]CC2)C1.[CH3-].[Cs+]. The Morgan fingerprint density at radius 1 is 1.00 bits per heavy atom. The molecule has 0 amide bonds. The summed E-state index contributed by atoms with van der Waals surface area (Å²) < 4.78 is 0. The van der Waals surface area contributed by atoms with Crippen molar-refractivity contribution in [1.82, 2.24) is 4.90 Å². The summed E-state index contributed by atoms with van der Waals surface area (Å²) in [6.45, 7) is 4.93. The van der Waals surface area contributed by atoms with Crippen molar-refractivity contribution < 1.29 is 68.9 Å². The van der Waals surface area contributed by atoms with E-state index >= 15 is 0 Å². The van der Waals surface area contributed by atoms with E-state index in [2.05, 4.69) is 10.2 Å². The van der Waals surface area contributed by atoms with E-state index in [1.807, 2.05) is 0 Å². The summed E-state index contributed by atoms with van der Waals surface area (Å²) >= 11 is 0. The normalized spacial score (nSPS) is 24.9. The minimum atomic E-state index is 0. The molecular formula is C10H20CsN2-. The summed E-state index contributed by atoms with van der Waals surface area (Å²) in [5.41, 5.74) is 0. The molecule has 2 fully saturated rings. The smallest absolute Gasteiger partial charge is 0.662 e. The Morgan fingerprint density at radius 2 is 1.54 bits per heavy atom. The molecule has 0 aromatic rings. The molecule has 72 valence electrons. The Labute approximate surface area is 142 Å². The second kappa shape index (κ2) is 8.16. The zero-order chi connectivity index (χ0) is 7.52. The molecule has 2 rings (SSSR count). The third-order valence-electron chi connectivity index (χ3n) is 2.90. The molecule has 0 bridgehead atoms. The van der Waals surface area contributed by atoms with E-state index in [0.29, 0.717) is 0 Å². The van der Waals surface area contributed by atoms with E-state index in [9.17, 15) is 0 Å². The maximum atomic E-state index is 4.37. The Kier molecular flexibility index (Phi) is 9.40. The van der Waals surface area contributed by atoms with Crippen LogP contribution in [0.5, 0.6) is 0 Å². The van der Waals surface area contributed by atoms with Crippen molar-refractivity contribution in [3.05, 3.63) is 12.7 Å². The van der Waals surface area contributed by atoms with Crippen molar-refractivity contribution in [2.24, 2.45) is 0 Å². The van der Waals surface area contributed by atoms with E-state index in [4.69, 9.17) is 0 Å². The van der Waals surface area contributed by atoms with Crippen molar-refractivity contribution >= 4 is 0 Å². The Bertz CT molecular complexity index is 118. The topological polar surface area (TPSA) is 17.3 Å². The van der Waals surface area contributed by atoms with Crippen molar-refractivity contribution in [1.29, 1.82) is 0 Å². The number of piperidine rings is 1. The van der Waals surface area contributed by atoms with Crippen LogP contribution >= 0.6 is 0 Å². The van der Waals surface area contributed by atoms with Crippen LogP contribution in [0, 0.1) is 7.43 Å². The number of hydrogen-bond donors (Lipinski definition) is 0. The third-order valence-corrected chi connectivity index (χ3v) is 2.90. The molecule has 0 aromatic heterocycles. The second-order valence-electron chi connectivity index (χ2n) is 3.65. The van der Waals surface area contributed by atoms with E-state index in [1.54, 1.807) is 0 Å². The molecular weight excluding hydrogens is 281 g/mol. The van der Waals surface area contributed by atoms with Gasteiger partial charge in [-0.1, -0.05) is 12.8 Å². The minimum Gasteiger partial charge on any atom is -0.662 e. The molecule has 2 heterocycles. The van der Waals surface area contributed by atoms with Crippen molar-refractivity contribution in [3.8, 4) is 0 Å². The van der Waals surface area contributed by atoms with Crippen molar-refractivity contribution in [2.75, 3.05) is 26.2 Å². The molecule has 0 saturated carbocycles. The van der Waals surface area contributed by atoms with Gasteiger partial charge in [-0.2, -0.15) is 0 Å². The van der Waals surface area contributed by atoms with Gasteiger partial charge in [-0.3, -0.25) is 0 Å². The third kappa shape index (κ3) is 4.55. The maximum Gasteiger partial charge on any atom is 1.00 e. The fourth-order valence-corrected chi connectivity index (χ4v) is 2.21. The molecule has 0 N–H and O–H groups in total. The fraction of sp³-hybridized carbons (Fsp3) is 0.900. The van der Waals surface area contributed by atoms with Crippen LogP contribution in [-0.4, -0.2) is 37.1 Å². The van der Waals surface area contributed by atoms with Crippen LogP contribution in [0.2, 0.25) is 0 Å². The van der Waals surface area contributed by atoms with Crippen LogP contribution in [0.1, 0.15) is 25.7 Å². The number of nitrogens with zero attached hydrogens (tertiary/aromatic N) is 2. The average Bonchev–Trinajstić information content (AvgIpc) is 2.58. The predicted molar refractivity (Wildman–Crippen MR) is 53.3 cm³/mol. The van der Waals surface area contributed by atoms with Gasteiger partial charge in [0.25, 0.3) is 0 Å². The van der Waals surface area contributed by atoms with E-state index in [0.717, 1.165) is 19.1 Å². The first-order chi connectivity index (χ1) is 5.47. The molecule has 2 aliphatic rings. The largest absolute Gasteiger partial charge is 1.00 e. The minimum absolute atomic E-state index is 0. The van der Waals surface area contributed by atoms with E-state index in [-0.39, 0.29) is 76.3 Å². The molecule has 0 aliphatic carbocycles. The number of hydrogen-bond acceptors (Lipinski definition) is 1. The van der Waals surface area contributed by atoms with Gasteiger partial charge < -0.3 is 17.6 Å². The first-order valence-corrected chi connectivity index (χ1v) is 4.84. The standard InChI is InChI=1S/C9H17N2.CH3.Cs/c1-2-8-11(7-1)9-3-5-10-6-4-9;;/h9H,1-8H2;1H3;/q2*-1;+1. The van der Waals surface area contributed by atoms with Gasteiger partial charge in [0.15, 0.2) is 0 Å². The fourth-order valence-electron chi connectivity index (χ4n) is 2.21. The monoisotopic (exact) mass is 301 g/mol. The van der Waals surface area contributed by atoms with Crippen LogP contribution < -0.4 is 68.9 Å².